The van der Waals surface area contributed by atoms with Crippen LogP contribution in [-0.2, 0) is 4.79 Å². The van der Waals surface area contributed by atoms with Crippen LogP contribution >= 0.6 is 22.6 Å². The molecule has 0 radical (unpaired) electrons. The minimum atomic E-state index is -1.33. The molecule has 7 heteroatoms. The molecule has 28 heavy (non-hydrogen) atoms. The third kappa shape index (κ3) is 5.94. The predicted octanol–water partition coefficient (Wildman–Crippen LogP) is 3.96. The monoisotopic (exact) mass is 498 g/mol. The molecule has 0 aromatic heterocycles. The second kappa shape index (κ2) is 10.2. The number of halogens is 1. The van der Waals surface area contributed by atoms with Gasteiger partial charge in [0.1, 0.15) is 5.75 Å². The van der Waals surface area contributed by atoms with Gasteiger partial charge in [-0.15, -0.1) is 0 Å². The van der Waals surface area contributed by atoms with E-state index in [-0.39, 0.29) is 5.57 Å². The van der Waals surface area contributed by atoms with Crippen molar-refractivity contribution in [3.05, 3.63) is 32.9 Å². The summed E-state index contributed by atoms with van der Waals surface area (Å²) in [5.74, 6) is 0.949. The van der Waals surface area contributed by atoms with E-state index in [2.05, 4.69) is 33.2 Å². The Balaban J connectivity index is 1.58. The average molecular weight is 498 g/mol. The Morgan fingerprint density at radius 3 is 2.71 bits per heavy atom. The lowest BCUT2D eigenvalue weighted by molar-refractivity contribution is -0.118. The Kier molecular flexibility index (Phi) is 7.73. The van der Waals surface area contributed by atoms with Crippen molar-refractivity contribution >= 4 is 40.6 Å². The third-order valence-corrected chi connectivity index (χ3v) is 5.99. The van der Waals surface area contributed by atoms with Gasteiger partial charge < -0.3 is 15.2 Å². The van der Waals surface area contributed by atoms with Gasteiger partial charge in [0.15, 0.2) is 6.23 Å². The number of urea groups is 1. The Morgan fingerprint density at radius 2 is 1.96 bits per heavy atom. The normalized spacial score (nSPS) is 22.1. The molecule has 3 amide bonds. The molecule has 1 aromatic carbocycles. The molecule has 1 aromatic rings. The van der Waals surface area contributed by atoms with Crippen molar-refractivity contribution in [3.63, 3.8) is 0 Å². The molecule has 1 saturated heterocycles. The van der Waals surface area contributed by atoms with Crippen molar-refractivity contribution in [1.29, 1.82) is 0 Å². The van der Waals surface area contributed by atoms with E-state index in [1.807, 2.05) is 18.2 Å². The molecule has 1 aliphatic heterocycles. The first-order chi connectivity index (χ1) is 13.5. The van der Waals surface area contributed by atoms with E-state index < -0.39 is 18.2 Å². The van der Waals surface area contributed by atoms with Gasteiger partial charge in [0.25, 0.3) is 5.91 Å². The summed E-state index contributed by atoms with van der Waals surface area (Å²) in [7, 11) is 0. The fourth-order valence-electron chi connectivity index (χ4n) is 3.81. The summed E-state index contributed by atoms with van der Waals surface area (Å²) in [6, 6.07) is 5.01. The number of unbranched alkanes of at least 4 members (excludes halogenated alkanes) is 1. The number of carbonyl (C=O) groups is 2. The standard InChI is InChI=1S/C21H27IN2O4/c22-16-9-10-18(28-11-5-4-8-14-6-2-1-3-7-14)15(12-16)13-17-19(25)23-21(27)24-20(17)26/h9-10,12-14,19,25H,1-8,11H2,(H2,23,24,26,27)/b17-13-. The average Bonchev–Trinajstić information content (AvgIpc) is 2.66. The van der Waals surface area contributed by atoms with Gasteiger partial charge in [0.05, 0.1) is 12.2 Å². The van der Waals surface area contributed by atoms with Gasteiger partial charge in [-0.25, -0.2) is 4.79 Å². The smallest absolute Gasteiger partial charge is 0.323 e. The maximum atomic E-state index is 12.0. The lowest BCUT2D eigenvalue weighted by atomic mass is 9.86. The van der Waals surface area contributed by atoms with Crippen LogP contribution in [0.15, 0.2) is 23.8 Å². The molecule has 1 unspecified atom stereocenters. The van der Waals surface area contributed by atoms with E-state index in [1.165, 1.54) is 44.9 Å². The van der Waals surface area contributed by atoms with E-state index in [0.717, 1.165) is 15.9 Å². The zero-order valence-corrected chi connectivity index (χ0v) is 18.0. The number of ether oxygens (including phenoxy) is 1. The van der Waals surface area contributed by atoms with E-state index in [4.69, 9.17) is 4.74 Å². The van der Waals surface area contributed by atoms with Crippen molar-refractivity contribution in [1.82, 2.24) is 10.6 Å². The second-order valence-electron chi connectivity index (χ2n) is 7.46. The highest BCUT2D eigenvalue weighted by atomic mass is 127. The van der Waals surface area contributed by atoms with Gasteiger partial charge in [-0.1, -0.05) is 38.5 Å². The van der Waals surface area contributed by atoms with Crippen LogP contribution in [-0.4, -0.2) is 29.9 Å². The maximum Gasteiger partial charge on any atom is 0.323 e. The number of imide groups is 1. The highest BCUT2D eigenvalue weighted by Crippen LogP contribution is 2.28. The second-order valence-corrected chi connectivity index (χ2v) is 8.71. The number of rotatable bonds is 7. The number of hydrogen-bond donors (Lipinski definition) is 3. The molecule has 1 aliphatic carbocycles. The quantitative estimate of drug-likeness (QED) is 0.302. The Morgan fingerprint density at radius 1 is 1.18 bits per heavy atom. The van der Waals surface area contributed by atoms with Gasteiger partial charge in [-0.3, -0.25) is 10.1 Å². The van der Waals surface area contributed by atoms with E-state index >= 15 is 0 Å². The fourth-order valence-corrected chi connectivity index (χ4v) is 4.32. The Labute approximate surface area is 179 Å². The molecule has 6 nitrogen and oxygen atoms in total. The molecule has 1 atom stereocenters. The number of benzene rings is 1. The van der Waals surface area contributed by atoms with E-state index in [0.29, 0.717) is 17.9 Å². The van der Waals surface area contributed by atoms with Crippen LogP contribution in [0.3, 0.4) is 0 Å². The molecule has 1 saturated carbocycles. The molecule has 2 aliphatic rings. The Bertz CT molecular complexity index is 744. The first-order valence-electron chi connectivity index (χ1n) is 9.97. The number of nitrogens with one attached hydrogen (secondary N) is 2. The van der Waals surface area contributed by atoms with E-state index in [1.54, 1.807) is 6.08 Å². The maximum absolute atomic E-state index is 12.0. The van der Waals surface area contributed by atoms with Crippen LogP contribution in [0.25, 0.3) is 6.08 Å². The summed E-state index contributed by atoms with van der Waals surface area (Å²) in [6.45, 7) is 0.620. The van der Waals surface area contributed by atoms with Gasteiger partial charge >= 0.3 is 6.03 Å². The zero-order chi connectivity index (χ0) is 19.9. The van der Waals surface area contributed by atoms with Crippen molar-refractivity contribution in [3.8, 4) is 5.75 Å². The summed E-state index contributed by atoms with van der Waals surface area (Å²) in [4.78, 5) is 23.3. The van der Waals surface area contributed by atoms with Crippen molar-refractivity contribution in [2.75, 3.05) is 6.61 Å². The molecule has 0 bridgehead atoms. The van der Waals surface area contributed by atoms with Crippen molar-refractivity contribution < 1.29 is 19.4 Å². The summed E-state index contributed by atoms with van der Waals surface area (Å²) in [6.07, 6.45) is 10.6. The molecular weight excluding hydrogens is 471 g/mol. The summed E-state index contributed by atoms with van der Waals surface area (Å²) in [5, 5.41) is 14.4. The largest absolute Gasteiger partial charge is 0.493 e. The molecule has 3 rings (SSSR count). The lowest BCUT2D eigenvalue weighted by Crippen LogP contribution is -2.53. The summed E-state index contributed by atoms with van der Waals surface area (Å²) >= 11 is 2.19. The van der Waals surface area contributed by atoms with E-state index in [9.17, 15) is 14.7 Å². The minimum absolute atomic E-state index is 0.0868. The molecule has 2 fully saturated rings. The predicted molar refractivity (Wildman–Crippen MR) is 116 cm³/mol. The topological polar surface area (TPSA) is 87.7 Å². The van der Waals surface area contributed by atoms with Crippen LogP contribution in [0.2, 0.25) is 0 Å². The summed E-state index contributed by atoms with van der Waals surface area (Å²) < 4.78 is 6.96. The Hall–Kier alpha value is -1.61. The van der Waals surface area contributed by atoms with Crippen LogP contribution in [0.1, 0.15) is 56.9 Å². The molecular formula is C21H27IN2O4. The van der Waals surface area contributed by atoms with Crippen molar-refractivity contribution in [2.45, 2.75) is 57.6 Å². The van der Waals surface area contributed by atoms with Crippen LogP contribution in [0, 0.1) is 9.49 Å². The number of aliphatic hydroxyl groups is 1. The zero-order valence-electron chi connectivity index (χ0n) is 15.9. The number of aliphatic hydroxyl groups excluding tert-OH is 1. The van der Waals surface area contributed by atoms with Crippen molar-refractivity contribution in [2.24, 2.45) is 5.92 Å². The van der Waals surface area contributed by atoms with Crippen LogP contribution in [0.4, 0.5) is 4.79 Å². The molecule has 0 spiro atoms. The van der Waals surface area contributed by atoms with Crippen LogP contribution < -0.4 is 15.4 Å². The number of amides is 3. The minimum Gasteiger partial charge on any atom is -0.493 e. The van der Waals surface area contributed by atoms with Crippen LogP contribution in [0.5, 0.6) is 5.75 Å². The fraction of sp³-hybridized carbons (Fsp3) is 0.524. The lowest BCUT2D eigenvalue weighted by Gasteiger charge is -2.22. The summed E-state index contributed by atoms with van der Waals surface area (Å²) in [5.41, 5.74) is 0.795. The first kappa shape index (κ1) is 21.1. The molecule has 1 heterocycles. The third-order valence-electron chi connectivity index (χ3n) is 5.32. The highest BCUT2D eigenvalue weighted by Gasteiger charge is 2.28. The van der Waals surface area contributed by atoms with Gasteiger partial charge in [0, 0.05) is 9.13 Å². The van der Waals surface area contributed by atoms with Gasteiger partial charge in [-0.2, -0.15) is 0 Å². The molecule has 3 N–H and O–H groups in total. The molecule has 152 valence electrons. The highest BCUT2D eigenvalue weighted by molar-refractivity contribution is 14.1. The van der Waals surface area contributed by atoms with Gasteiger partial charge in [-0.05, 0) is 65.6 Å². The number of hydrogen-bond acceptors (Lipinski definition) is 4. The first-order valence-corrected chi connectivity index (χ1v) is 11.0. The SMILES string of the molecule is O=C1NC(=O)/C(=C\c2cc(I)ccc2OCCCCC2CCCCC2)C(O)N1. The number of carbonyl (C=O) groups excluding carboxylic acids is 2. The van der Waals surface area contributed by atoms with Gasteiger partial charge in [0.2, 0.25) is 0 Å².